The van der Waals surface area contributed by atoms with Crippen LogP contribution >= 0.6 is 11.3 Å². The second-order valence-electron chi connectivity index (χ2n) is 5.59. The molecule has 1 atom stereocenters. The van der Waals surface area contributed by atoms with E-state index in [4.69, 9.17) is 4.74 Å². The van der Waals surface area contributed by atoms with Crippen LogP contribution in [0.1, 0.15) is 22.2 Å². The Morgan fingerprint density at radius 1 is 1.25 bits per heavy atom. The average molecular weight is 346 g/mol. The van der Waals surface area contributed by atoms with Gasteiger partial charge >= 0.3 is 0 Å². The molecule has 1 N–H and O–H groups in total. The van der Waals surface area contributed by atoms with Crippen molar-refractivity contribution in [2.45, 2.75) is 19.9 Å². The zero-order chi connectivity index (χ0) is 17.5. The molecule has 1 aromatic heterocycles. The second-order valence-corrected chi connectivity index (χ2v) is 6.54. The van der Waals surface area contributed by atoms with Gasteiger partial charge in [-0.3, -0.25) is 9.59 Å². The Kier molecular flexibility index (Phi) is 6.37. The highest BCUT2D eigenvalue weighted by Gasteiger charge is 2.20. The van der Waals surface area contributed by atoms with Crippen LogP contribution in [0.25, 0.3) is 0 Å². The lowest BCUT2D eigenvalue weighted by Gasteiger charge is -2.22. The van der Waals surface area contributed by atoms with Gasteiger partial charge in [-0.1, -0.05) is 23.8 Å². The Morgan fingerprint density at radius 3 is 2.58 bits per heavy atom. The number of nitrogens with zero attached hydrogens (tertiary/aromatic N) is 1. The van der Waals surface area contributed by atoms with Crippen molar-refractivity contribution < 1.29 is 14.3 Å². The maximum Gasteiger partial charge on any atom is 0.261 e. The van der Waals surface area contributed by atoms with Gasteiger partial charge in [0.15, 0.2) is 0 Å². The van der Waals surface area contributed by atoms with Crippen LogP contribution in [0.3, 0.4) is 0 Å². The van der Waals surface area contributed by atoms with Crippen molar-refractivity contribution in [1.82, 2.24) is 10.2 Å². The van der Waals surface area contributed by atoms with Gasteiger partial charge in [-0.15, -0.1) is 11.3 Å². The van der Waals surface area contributed by atoms with E-state index in [2.05, 4.69) is 5.32 Å². The molecule has 0 aliphatic heterocycles. The van der Waals surface area contributed by atoms with E-state index in [1.165, 1.54) is 16.9 Å². The molecule has 2 rings (SSSR count). The molecule has 1 aromatic carbocycles. The number of likely N-dealkylation sites (N-methyl/N-ethyl adjacent to an activating group) is 1. The summed E-state index contributed by atoms with van der Waals surface area (Å²) in [5.41, 5.74) is 1.17. The molecule has 0 radical (unpaired) electrons. The van der Waals surface area contributed by atoms with Gasteiger partial charge in [0, 0.05) is 7.05 Å². The first kappa shape index (κ1) is 18.0. The molecule has 2 aromatic rings. The van der Waals surface area contributed by atoms with Gasteiger partial charge in [-0.25, -0.2) is 0 Å². The quantitative estimate of drug-likeness (QED) is 0.839. The molecule has 5 nitrogen and oxygen atoms in total. The first-order valence-electron chi connectivity index (χ1n) is 7.76. The Hall–Kier alpha value is -2.34. The number of amides is 2. The number of carbonyl (C=O) groups excluding carboxylic acids is 2. The SMILES string of the molecule is Cc1ccc(OCCN(C)C(=O)[C@H](C)NC(=O)c2cccs2)cc1. The van der Waals surface area contributed by atoms with Crippen LogP contribution < -0.4 is 10.1 Å². The fraction of sp³-hybridized carbons (Fsp3) is 0.333. The number of hydrogen-bond acceptors (Lipinski definition) is 4. The maximum absolute atomic E-state index is 12.3. The van der Waals surface area contributed by atoms with Crippen molar-refractivity contribution >= 4 is 23.2 Å². The first-order chi connectivity index (χ1) is 11.5. The van der Waals surface area contributed by atoms with E-state index in [-0.39, 0.29) is 11.8 Å². The summed E-state index contributed by atoms with van der Waals surface area (Å²) in [5, 5.41) is 4.55. The van der Waals surface area contributed by atoms with Crippen LogP contribution in [0.15, 0.2) is 41.8 Å². The number of ether oxygens (including phenoxy) is 1. The molecule has 0 spiro atoms. The van der Waals surface area contributed by atoms with E-state index in [9.17, 15) is 9.59 Å². The topological polar surface area (TPSA) is 58.6 Å². The van der Waals surface area contributed by atoms with Crippen LogP contribution in [-0.4, -0.2) is 43.0 Å². The fourth-order valence-electron chi connectivity index (χ4n) is 2.11. The maximum atomic E-state index is 12.3. The predicted octanol–water partition coefficient (Wildman–Crippen LogP) is 2.71. The summed E-state index contributed by atoms with van der Waals surface area (Å²) in [6.45, 7) is 4.55. The van der Waals surface area contributed by atoms with Gasteiger partial charge in [-0.05, 0) is 37.4 Å². The van der Waals surface area contributed by atoms with Gasteiger partial charge in [0.1, 0.15) is 18.4 Å². The molecular formula is C18H22N2O3S. The monoisotopic (exact) mass is 346 g/mol. The first-order valence-corrected chi connectivity index (χ1v) is 8.64. The summed E-state index contributed by atoms with van der Waals surface area (Å²) >= 11 is 1.35. The number of thiophene rings is 1. The van der Waals surface area contributed by atoms with E-state index in [0.29, 0.717) is 18.0 Å². The number of nitrogens with one attached hydrogen (secondary N) is 1. The summed E-state index contributed by atoms with van der Waals surface area (Å²) < 4.78 is 5.62. The lowest BCUT2D eigenvalue weighted by molar-refractivity contribution is -0.131. The minimum atomic E-state index is -0.580. The highest BCUT2D eigenvalue weighted by Crippen LogP contribution is 2.11. The van der Waals surface area contributed by atoms with E-state index >= 15 is 0 Å². The van der Waals surface area contributed by atoms with Crippen molar-refractivity contribution in [3.8, 4) is 5.75 Å². The highest BCUT2D eigenvalue weighted by molar-refractivity contribution is 7.12. The minimum Gasteiger partial charge on any atom is -0.492 e. The summed E-state index contributed by atoms with van der Waals surface area (Å²) in [4.78, 5) is 26.4. The Balaban J connectivity index is 1.76. The van der Waals surface area contributed by atoms with Crippen LogP contribution in [0, 0.1) is 6.92 Å². The molecule has 0 saturated heterocycles. The average Bonchev–Trinajstić information content (AvgIpc) is 3.10. The van der Waals surface area contributed by atoms with Gasteiger partial charge in [-0.2, -0.15) is 0 Å². The summed E-state index contributed by atoms with van der Waals surface area (Å²) in [7, 11) is 1.70. The number of benzene rings is 1. The number of aryl methyl sites for hydroxylation is 1. The lowest BCUT2D eigenvalue weighted by Crippen LogP contribution is -2.46. The predicted molar refractivity (Wildman–Crippen MR) is 95.6 cm³/mol. The highest BCUT2D eigenvalue weighted by atomic mass is 32.1. The molecule has 0 fully saturated rings. The molecule has 0 aliphatic carbocycles. The van der Waals surface area contributed by atoms with Crippen LogP contribution in [0.4, 0.5) is 0 Å². The lowest BCUT2D eigenvalue weighted by atomic mass is 10.2. The van der Waals surface area contributed by atoms with Gasteiger partial charge in [0.2, 0.25) is 5.91 Å². The third kappa shape index (κ3) is 5.09. The zero-order valence-corrected chi connectivity index (χ0v) is 14.9. The van der Waals surface area contributed by atoms with Crippen molar-refractivity contribution in [2.75, 3.05) is 20.2 Å². The number of carbonyl (C=O) groups is 2. The molecule has 0 aliphatic rings. The third-order valence-corrected chi connectivity index (χ3v) is 4.42. The van der Waals surface area contributed by atoms with Crippen LogP contribution in [0.2, 0.25) is 0 Å². The van der Waals surface area contributed by atoms with Crippen molar-refractivity contribution in [3.05, 3.63) is 52.2 Å². The summed E-state index contributed by atoms with van der Waals surface area (Å²) in [5.74, 6) is 0.406. The van der Waals surface area contributed by atoms with E-state index in [0.717, 1.165) is 5.75 Å². The fourth-order valence-corrected chi connectivity index (χ4v) is 2.74. The molecule has 2 amide bonds. The molecule has 0 bridgehead atoms. The van der Waals surface area contributed by atoms with Crippen molar-refractivity contribution in [1.29, 1.82) is 0 Å². The Bertz CT molecular complexity index is 668. The Morgan fingerprint density at radius 2 is 1.96 bits per heavy atom. The summed E-state index contributed by atoms with van der Waals surface area (Å²) in [6.07, 6.45) is 0. The molecule has 1 heterocycles. The molecule has 0 saturated carbocycles. The summed E-state index contributed by atoms with van der Waals surface area (Å²) in [6, 6.07) is 10.7. The molecular weight excluding hydrogens is 324 g/mol. The third-order valence-electron chi connectivity index (χ3n) is 3.56. The van der Waals surface area contributed by atoms with Gasteiger partial charge < -0.3 is 15.0 Å². The van der Waals surface area contributed by atoms with E-state index in [1.54, 1.807) is 31.0 Å². The second kappa shape index (κ2) is 8.49. The van der Waals surface area contributed by atoms with Crippen molar-refractivity contribution in [2.24, 2.45) is 0 Å². The molecule has 6 heteroatoms. The Labute approximate surface area is 146 Å². The molecule has 24 heavy (non-hydrogen) atoms. The van der Waals surface area contributed by atoms with E-state index < -0.39 is 6.04 Å². The van der Waals surface area contributed by atoms with E-state index in [1.807, 2.05) is 36.6 Å². The standard InChI is InChI=1S/C18H22N2O3S/c1-13-6-8-15(9-7-13)23-11-10-20(3)18(22)14(2)19-17(21)16-5-4-12-24-16/h4-9,12,14H,10-11H2,1-3H3,(H,19,21)/t14-/m0/s1. The number of rotatable bonds is 7. The zero-order valence-electron chi connectivity index (χ0n) is 14.1. The normalized spacial score (nSPS) is 11.6. The molecule has 0 unspecified atom stereocenters. The van der Waals surface area contributed by atoms with Gasteiger partial charge in [0.05, 0.1) is 11.4 Å². The van der Waals surface area contributed by atoms with Crippen molar-refractivity contribution in [3.63, 3.8) is 0 Å². The number of hydrogen-bond donors (Lipinski definition) is 1. The largest absolute Gasteiger partial charge is 0.492 e. The molecule has 128 valence electrons. The van der Waals surface area contributed by atoms with Crippen LogP contribution in [0.5, 0.6) is 5.75 Å². The smallest absolute Gasteiger partial charge is 0.261 e. The van der Waals surface area contributed by atoms with Crippen LogP contribution in [-0.2, 0) is 4.79 Å². The van der Waals surface area contributed by atoms with Gasteiger partial charge in [0.25, 0.3) is 5.91 Å². The minimum absolute atomic E-state index is 0.146.